The first kappa shape index (κ1) is 16.8. The number of alkyl halides is 2. The maximum Gasteiger partial charge on any atom is 0.327 e. The Labute approximate surface area is 143 Å². The van der Waals surface area contributed by atoms with Gasteiger partial charge in [-0.05, 0) is 35.4 Å². The lowest BCUT2D eigenvalue weighted by Gasteiger charge is -2.09. The summed E-state index contributed by atoms with van der Waals surface area (Å²) in [5, 5.41) is 2.05. The van der Waals surface area contributed by atoms with Crippen LogP contribution in [0.4, 0.5) is 0 Å². The number of rotatable bonds is 5. The Kier molecular flexibility index (Phi) is 4.73. The molecule has 0 amide bonds. The minimum absolute atomic E-state index is 0.194. The zero-order valence-electron chi connectivity index (χ0n) is 12.2. The fourth-order valence-corrected chi connectivity index (χ4v) is 3.63. The lowest BCUT2D eigenvalue weighted by molar-refractivity contribution is 0.370. The van der Waals surface area contributed by atoms with E-state index in [0.29, 0.717) is 11.8 Å². The molecule has 0 aliphatic carbocycles. The quantitative estimate of drug-likeness (QED) is 0.514. The third-order valence-electron chi connectivity index (χ3n) is 3.92. The summed E-state index contributed by atoms with van der Waals surface area (Å²) in [6.07, 6.45) is -0.194. The molecule has 0 aliphatic rings. The highest BCUT2D eigenvalue weighted by Crippen LogP contribution is 2.37. The van der Waals surface area contributed by atoms with Gasteiger partial charge in [0, 0.05) is 40.1 Å². The first-order chi connectivity index (χ1) is 10.9. The SMILES string of the molecule is O=P(O)(O)CCn1c2ccc(CCl)cc2c2cc(CCl)ccc21. The molecule has 7 heteroatoms. The number of halogens is 2. The molecule has 0 radical (unpaired) electrons. The maximum atomic E-state index is 11.2. The van der Waals surface area contributed by atoms with Crippen molar-refractivity contribution in [2.75, 3.05) is 6.16 Å². The Bertz CT molecular complexity index is 855. The number of nitrogens with zero attached hydrogens (tertiary/aromatic N) is 1. The Morgan fingerprint density at radius 2 is 1.39 bits per heavy atom. The summed E-state index contributed by atoms with van der Waals surface area (Å²) in [4.78, 5) is 18.4. The van der Waals surface area contributed by atoms with Crippen LogP contribution in [0.25, 0.3) is 21.8 Å². The largest absolute Gasteiger partial charge is 0.340 e. The molecule has 23 heavy (non-hydrogen) atoms. The molecule has 0 fully saturated rings. The topological polar surface area (TPSA) is 62.5 Å². The zero-order chi connectivity index (χ0) is 16.6. The van der Waals surface area contributed by atoms with Gasteiger partial charge in [-0.25, -0.2) is 0 Å². The van der Waals surface area contributed by atoms with E-state index in [9.17, 15) is 14.4 Å². The lowest BCUT2D eigenvalue weighted by atomic mass is 10.1. The maximum absolute atomic E-state index is 11.2. The number of aromatic nitrogens is 1. The number of fused-ring (bicyclic) bond motifs is 3. The lowest BCUT2D eigenvalue weighted by Crippen LogP contribution is -2.03. The molecule has 0 saturated heterocycles. The highest BCUT2D eigenvalue weighted by Gasteiger charge is 2.17. The van der Waals surface area contributed by atoms with Gasteiger partial charge in [-0.15, -0.1) is 23.2 Å². The molecule has 0 spiro atoms. The van der Waals surface area contributed by atoms with E-state index >= 15 is 0 Å². The van der Waals surface area contributed by atoms with Gasteiger partial charge in [-0.2, -0.15) is 0 Å². The molecule has 0 unspecified atom stereocenters. The van der Waals surface area contributed by atoms with Crippen LogP contribution in [0.5, 0.6) is 0 Å². The van der Waals surface area contributed by atoms with E-state index < -0.39 is 7.60 Å². The van der Waals surface area contributed by atoms with E-state index in [2.05, 4.69) is 0 Å². The van der Waals surface area contributed by atoms with Crippen LogP contribution in [0.15, 0.2) is 36.4 Å². The molecular weight excluding hydrogens is 356 g/mol. The van der Waals surface area contributed by atoms with Crippen LogP contribution in [0, 0.1) is 0 Å². The van der Waals surface area contributed by atoms with Crippen molar-refractivity contribution >= 4 is 52.6 Å². The second-order valence-corrected chi connectivity index (χ2v) is 7.82. The predicted molar refractivity (Wildman–Crippen MR) is 95.5 cm³/mol. The number of aryl methyl sites for hydroxylation is 1. The molecule has 0 aliphatic heterocycles. The number of hydrogen-bond acceptors (Lipinski definition) is 1. The minimum Gasteiger partial charge on any atom is -0.340 e. The summed E-state index contributed by atoms with van der Waals surface area (Å²) in [6, 6.07) is 11.8. The third kappa shape index (κ3) is 3.42. The molecule has 1 heterocycles. The van der Waals surface area contributed by atoms with Crippen molar-refractivity contribution in [2.24, 2.45) is 0 Å². The molecule has 0 bridgehead atoms. The molecule has 2 N–H and O–H groups in total. The highest BCUT2D eigenvalue weighted by atomic mass is 35.5. The van der Waals surface area contributed by atoms with E-state index in [-0.39, 0.29) is 12.7 Å². The Balaban J connectivity index is 2.25. The number of hydrogen-bond donors (Lipinski definition) is 2. The monoisotopic (exact) mass is 371 g/mol. The molecule has 3 rings (SSSR count). The van der Waals surface area contributed by atoms with Crippen molar-refractivity contribution in [1.29, 1.82) is 0 Å². The summed E-state index contributed by atoms with van der Waals surface area (Å²) < 4.78 is 13.2. The summed E-state index contributed by atoms with van der Waals surface area (Å²) >= 11 is 11.9. The second kappa shape index (κ2) is 6.46. The summed E-state index contributed by atoms with van der Waals surface area (Å²) in [6.45, 7) is 0.255. The van der Waals surface area contributed by atoms with E-state index in [1.54, 1.807) is 0 Å². The summed E-state index contributed by atoms with van der Waals surface area (Å²) in [7, 11) is -4.06. The Morgan fingerprint density at radius 3 is 1.78 bits per heavy atom. The van der Waals surface area contributed by atoms with Gasteiger partial charge in [0.1, 0.15) is 0 Å². The van der Waals surface area contributed by atoms with E-state index in [1.807, 2.05) is 41.0 Å². The van der Waals surface area contributed by atoms with Gasteiger partial charge in [0.25, 0.3) is 0 Å². The van der Waals surface area contributed by atoms with Crippen molar-refractivity contribution in [2.45, 2.75) is 18.3 Å². The molecule has 0 atom stereocenters. The van der Waals surface area contributed by atoms with Gasteiger partial charge < -0.3 is 14.4 Å². The van der Waals surface area contributed by atoms with Crippen LogP contribution in [0.2, 0.25) is 0 Å². The molecule has 122 valence electrons. The predicted octanol–water partition coefficient (Wildman–Crippen LogP) is 4.45. The molecule has 1 aromatic heterocycles. The van der Waals surface area contributed by atoms with Gasteiger partial charge >= 0.3 is 7.60 Å². The Hall–Kier alpha value is -1.03. The second-order valence-electron chi connectivity index (χ2n) is 5.51. The third-order valence-corrected chi connectivity index (χ3v) is 5.32. The van der Waals surface area contributed by atoms with Crippen molar-refractivity contribution in [1.82, 2.24) is 4.57 Å². The average molecular weight is 372 g/mol. The van der Waals surface area contributed by atoms with Crippen LogP contribution in [-0.4, -0.2) is 20.5 Å². The molecule has 2 aromatic carbocycles. The van der Waals surface area contributed by atoms with Crippen LogP contribution in [0.1, 0.15) is 11.1 Å². The first-order valence-corrected chi connectivity index (χ1v) is 10.00. The molecule has 4 nitrogen and oxygen atoms in total. The van der Waals surface area contributed by atoms with Crippen molar-refractivity contribution in [3.63, 3.8) is 0 Å². The number of benzene rings is 2. The molecular formula is C16H16Cl2NO3P. The van der Waals surface area contributed by atoms with Crippen molar-refractivity contribution in [3.05, 3.63) is 47.5 Å². The van der Waals surface area contributed by atoms with Gasteiger partial charge in [0.15, 0.2) is 0 Å². The van der Waals surface area contributed by atoms with Crippen LogP contribution >= 0.6 is 30.8 Å². The minimum atomic E-state index is -4.06. The van der Waals surface area contributed by atoms with Crippen molar-refractivity contribution in [3.8, 4) is 0 Å². The van der Waals surface area contributed by atoms with Crippen LogP contribution in [0.3, 0.4) is 0 Å². The van der Waals surface area contributed by atoms with E-state index in [1.165, 1.54) is 0 Å². The normalized spacial score (nSPS) is 12.3. The summed E-state index contributed by atoms with van der Waals surface area (Å²) in [5.41, 5.74) is 3.89. The standard InChI is InChI=1S/C16H16Cl2NO3P/c17-9-11-1-3-15-13(7-11)14-8-12(10-18)2-4-16(14)19(15)5-6-23(20,21)22/h1-4,7-8H,5-6,9-10H2,(H2,20,21,22). The van der Waals surface area contributed by atoms with E-state index in [0.717, 1.165) is 32.9 Å². The molecule has 3 aromatic rings. The zero-order valence-corrected chi connectivity index (χ0v) is 14.7. The fraction of sp³-hybridized carbons (Fsp3) is 0.250. The Morgan fingerprint density at radius 1 is 0.913 bits per heavy atom. The smallest absolute Gasteiger partial charge is 0.327 e. The van der Waals surface area contributed by atoms with E-state index in [4.69, 9.17) is 23.2 Å². The van der Waals surface area contributed by atoms with Crippen LogP contribution < -0.4 is 0 Å². The molecule has 0 saturated carbocycles. The van der Waals surface area contributed by atoms with Gasteiger partial charge in [0.2, 0.25) is 0 Å². The first-order valence-electron chi connectivity index (χ1n) is 7.13. The van der Waals surface area contributed by atoms with Gasteiger partial charge in [0.05, 0.1) is 6.16 Å². The van der Waals surface area contributed by atoms with Gasteiger partial charge in [-0.1, -0.05) is 12.1 Å². The van der Waals surface area contributed by atoms with Crippen LogP contribution in [-0.2, 0) is 22.9 Å². The summed E-state index contributed by atoms with van der Waals surface area (Å²) in [5.74, 6) is 0.834. The highest BCUT2D eigenvalue weighted by molar-refractivity contribution is 7.51. The average Bonchev–Trinajstić information content (AvgIpc) is 2.84. The van der Waals surface area contributed by atoms with Gasteiger partial charge in [-0.3, -0.25) is 4.57 Å². The van der Waals surface area contributed by atoms with Crippen molar-refractivity contribution < 1.29 is 14.4 Å². The fourth-order valence-electron chi connectivity index (χ4n) is 2.84.